The van der Waals surface area contributed by atoms with Crippen molar-refractivity contribution >= 4 is 39.6 Å². The van der Waals surface area contributed by atoms with Gasteiger partial charge < -0.3 is 14.7 Å². The SMILES string of the molecule is C[C@H]([C@@H](C)C(=O)O)n1cc(Cl)c2cnc(-c3c[nH]c4ncc(C#N)cc34)nc21. The number of aromatic nitrogens is 5. The summed E-state index contributed by atoms with van der Waals surface area (Å²) in [7, 11) is 0. The average Bonchev–Trinajstić information content (AvgIpc) is 3.27. The van der Waals surface area contributed by atoms with E-state index in [1.165, 1.54) is 6.20 Å². The topological polar surface area (TPSA) is 120 Å². The van der Waals surface area contributed by atoms with E-state index in [4.69, 9.17) is 16.9 Å². The number of pyridine rings is 1. The molecule has 8 nitrogen and oxygen atoms in total. The van der Waals surface area contributed by atoms with E-state index in [0.29, 0.717) is 38.7 Å². The molecule has 4 heterocycles. The van der Waals surface area contributed by atoms with Crippen molar-refractivity contribution in [2.24, 2.45) is 5.92 Å². The molecule has 2 atom stereocenters. The third-order valence-electron chi connectivity index (χ3n) is 4.98. The van der Waals surface area contributed by atoms with E-state index < -0.39 is 11.9 Å². The van der Waals surface area contributed by atoms with Crippen molar-refractivity contribution in [1.29, 1.82) is 5.26 Å². The average molecular weight is 395 g/mol. The Labute approximate surface area is 164 Å². The highest BCUT2D eigenvalue weighted by Gasteiger charge is 2.24. The Hall–Kier alpha value is -3.44. The molecule has 140 valence electrons. The molecule has 0 aliphatic heterocycles. The van der Waals surface area contributed by atoms with Crippen LogP contribution in [0.15, 0.2) is 30.9 Å². The monoisotopic (exact) mass is 394 g/mol. The van der Waals surface area contributed by atoms with Gasteiger partial charge in [0.1, 0.15) is 17.4 Å². The van der Waals surface area contributed by atoms with Crippen molar-refractivity contribution < 1.29 is 9.90 Å². The van der Waals surface area contributed by atoms with Crippen LogP contribution in [0.25, 0.3) is 33.5 Å². The fourth-order valence-corrected chi connectivity index (χ4v) is 3.37. The molecule has 0 saturated carbocycles. The van der Waals surface area contributed by atoms with Crippen LogP contribution in [0.2, 0.25) is 5.02 Å². The summed E-state index contributed by atoms with van der Waals surface area (Å²) in [6.07, 6.45) is 6.53. The number of hydrogen-bond acceptors (Lipinski definition) is 5. The predicted molar refractivity (Wildman–Crippen MR) is 104 cm³/mol. The number of aliphatic carboxylic acids is 1. The lowest BCUT2D eigenvalue weighted by Gasteiger charge is -2.18. The van der Waals surface area contributed by atoms with Crippen LogP contribution in [0.3, 0.4) is 0 Å². The summed E-state index contributed by atoms with van der Waals surface area (Å²) in [5.41, 5.74) is 2.31. The van der Waals surface area contributed by atoms with E-state index in [-0.39, 0.29) is 6.04 Å². The molecule has 0 radical (unpaired) electrons. The van der Waals surface area contributed by atoms with Crippen LogP contribution in [0.1, 0.15) is 25.5 Å². The van der Waals surface area contributed by atoms with Crippen molar-refractivity contribution in [1.82, 2.24) is 24.5 Å². The summed E-state index contributed by atoms with van der Waals surface area (Å²) in [4.78, 5) is 27.7. The highest BCUT2D eigenvalue weighted by molar-refractivity contribution is 6.35. The summed E-state index contributed by atoms with van der Waals surface area (Å²) in [5.74, 6) is -1.09. The Morgan fingerprint density at radius 1 is 1.32 bits per heavy atom. The first-order chi connectivity index (χ1) is 13.4. The Bertz CT molecular complexity index is 1270. The highest BCUT2D eigenvalue weighted by atomic mass is 35.5. The molecule has 0 unspecified atom stereocenters. The summed E-state index contributed by atoms with van der Waals surface area (Å²) in [6.45, 7) is 3.45. The molecule has 0 fully saturated rings. The molecule has 0 amide bonds. The number of aromatic amines is 1. The molecule has 0 spiro atoms. The van der Waals surface area contributed by atoms with Crippen LogP contribution in [-0.2, 0) is 4.79 Å². The maximum absolute atomic E-state index is 11.4. The van der Waals surface area contributed by atoms with Gasteiger partial charge in [0, 0.05) is 41.8 Å². The van der Waals surface area contributed by atoms with E-state index in [1.807, 2.05) is 6.92 Å². The number of carboxylic acid groups (broad SMARTS) is 1. The number of carboxylic acids is 1. The first-order valence-corrected chi connectivity index (χ1v) is 8.92. The lowest BCUT2D eigenvalue weighted by Crippen LogP contribution is -2.21. The fourth-order valence-electron chi connectivity index (χ4n) is 3.13. The van der Waals surface area contributed by atoms with Crippen molar-refractivity contribution in [2.45, 2.75) is 19.9 Å². The number of nitrogens with one attached hydrogen (secondary N) is 1. The third-order valence-corrected chi connectivity index (χ3v) is 5.28. The van der Waals surface area contributed by atoms with Crippen LogP contribution in [0.4, 0.5) is 0 Å². The van der Waals surface area contributed by atoms with Crippen LogP contribution in [0.5, 0.6) is 0 Å². The quantitative estimate of drug-likeness (QED) is 0.543. The lowest BCUT2D eigenvalue weighted by atomic mass is 10.0. The van der Waals surface area contributed by atoms with Crippen LogP contribution in [0, 0.1) is 17.2 Å². The maximum atomic E-state index is 11.4. The van der Waals surface area contributed by atoms with E-state index in [0.717, 1.165) is 5.39 Å². The Morgan fingerprint density at radius 3 is 2.82 bits per heavy atom. The van der Waals surface area contributed by atoms with Crippen LogP contribution in [-0.4, -0.2) is 35.6 Å². The summed E-state index contributed by atoms with van der Waals surface area (Å²) in [6, 6.07) is 3.44. The van der Waals surface area contributed by atoms with Gasteiger partial charge in [-0.1, -0.05) is 11.6 Å². The summed E-state index contributed by atoms with van der Waals surface area (Å²) < 4.78 is 1.76. The van der Waals surface area contributed by atoms with E-state index in [1.54, 1.807) is 36.1 Å². The molecule has 0 aromatic carbocycles. The minimum absolute atomic E-state index is 0.356. The molecule has 4 rings (SSSR count). The third kappa shape index (κ3) is 2.77. The molecule has 0 saturated heterocycles. The number of hydrogen-bond donors (Lipinski definition) is 2. The number of carbonyl (C=O) groups is 1. The van der Waals surface area contributed by atoms with Crippen molar-refractivity contribution in [3.63, 3.8) is 0 Å². The van der Waals surface area contributed by atoms with Gasteiger partial charge in [-0.05, 0) is 19.9 Å². The van der Waals surface area contributed by atoms with Gasteiger partial charge in [-0.3, -0.25) is 4.79 Å². The lowest BCUT2D eigenvalue weighted by molar-refractivity contribution is -0.142. The number of fused-ring (bicyclic) bond motifs is 2. The highest BCUT2D eigenvalue weighted by Crippen LogP contribution is 2.32. The van der Waals surface area contributed by atoms with E-state index >= 15 is 0 Å². The number of halogens is 1. The van der Waals surface area contributed by atoms with E-state index in [9.17, 15) is 9.90 Å². The van der Waals surface area contributed by atoms with Gasteiger partial charge in [0.05, 0.1) is 21.9 Å². The molecule has 4 aromatic rings. The molecule has 4 aromatic heterocycles. The van der Waals surface area contributed by atoms with Crippen molar-refractivity contribution in [3.05, 3.63) is 41.4 Å². The van der Waals surface area contributed by atoms with E-state index in [2.05, 4.69) is 26.0 Å². The second-order valence-electron chi connectivity index (χ2n) is 6.62. The smallest absolute Gasteiger partial charge is 0.308 e. The van der Waals surface area contributed by atoms with Gasteiger partial charge in [0.25, 0.3) is 0 Å². The van der Waals surface area contributed by atoms with Gasteiger partial charge in [0.2, 0.25) is 0 Å². The minimum Gasteiger partial charge on any atom is -0.481 e. The van der Waals surface area contributed by atoms with Gasteiger partial charge in [0.15, 0.2) is 5.82 Å². The first kappa shape index (κ1) is 17.9. The largest absolute Gasteiger partial charge is 0.481 e. The minimum atomic E-state index is -0.897. The second-order valence-corrected chi connectivity index (χ2v) is 7.02. The predicted octanol–water partition coefficient (Wildman–Crippen LogP) is 3.78. The molecular weight excluding hydrogens is 380 g/mol. The zero-order valence-corrected chi connectivity index (χ0v) is 15.8. The Balaban J connectivity index is 1.90. The second kappa shape index (κ2) is 6.62. The van der Waals surface area contributed by atoms with Gasteiger partial charge in [-0.15, -0.1) is 0 Å². The number of H-pyrrole nitrogens is 1. The van der Waals surface area contributed by atoms with Crippen molar-refractivity contribution in [2.75, 3.05) is 0 Å². The summed E-state index contributed by atoms with van der Waals surface area (Å²) in [5, 5.41) is 20.3. The standard InChI is InChI=1S/C19H15ClN6O2/c1-9(19(27)28)10(2)26-8-15(20)14-7-24-17(25-18(14)26)13-6-23-16-12(13)3-11(4-21)5-22-16/h3,5-10H,1-2H3,(H,22,23)(H,27,28)/t9-,10-/m1/s1. The first-order valence-electron chi connectivity index (χ1n) is 8.54. The van der Waals surface area contributed by atoms with Gasteiger partial charge in [-0.25, -0.2) is 15.0 Å². The Kier molecular flexibility index (Phi) is 4.24. The number of nitriles is 1. The van der Waals surface area contributed by atoms with Gasteiger partial charge >= 0.3 is 5.97 Å². The molecule has 0 aliphatic carbocycles. The fraction of sp³-hybridized carbons (Fsp3) is 0.211. The zero-order chi connectivity index (χ0) is 20.0. The molecule has 0 aliphatic rings. The molecular formula is C19H15ClN6O2. The number of nitrogens with zero attached hydrogens (tertiary/aromatic N) is 5. The van der Waals surface area contributed by atoms with Crippen molar-refractivity contribution in [3.8, 4) is 17.5 Å². The number of rotatable bonds is 4. The normalized spacial score (nSPS) is 13.5. The van der Waals surface area contributed by atoms with Crippen LogP contribution >= 0.6 is 11.6 Å². The van der Waals surface area contributed by atoms with Crippen LogP contribution < -0.4 is 0 Å². The summed E-state index contributed by atoms with van der Waals surface area (Å²) >= 11 is 6.32. The molecule has 28 heavy (non-hydrogen) atoms. The molecule has 2 N–H and O–H groups in total. The zero-order valence-electron chi connectivity index (χ0n) is 15.0. The molecule has 9 heteroatoms. The van der Waals surface area contributed by atoms with Gasteiger partial charge in [-0.2, -0.15) is 5.26 Å². The Morgan fingerprint density at radius 2 is 2.11 bits per heavy atom. The molecule has 0 bridgehead atoms. The maximum Gasteiger partial charge on any atom is 0.308 e.